The van der Waals surface area contributed by atoms with E-state index in [9.17, 15) is 0 Å². The van der Waals surface area contributed by atoms with E-state index in [0.717, 1.165) is 10.0 Å². The predicted molar refractivity (Wildman–Crippen MR) is 66.9 cm³/mol. The molecule has 0 saturated heterocycles. The van der Waals surface area contributed by atoms with Crippen LogP contribution < -0.4 is 0 Å². The van der Waals surface area contributed by atoms with Gasteiger partial charge >= 0.3 is 0 Å². The molecule has 1 fully saturated rings. The zero-order valence-electron chi connectivity index (χ0n) is 9.02. The zero-order valence-corrected chi connectivity index (χ0v) is 10.5. The van der Waals surface area contributed by atoms with Crippen molar-refractivity contribution in [2.75, 3.05) is 0 Å². The number of hydrogen-bond acceptors (Lipinski definition) is 0. The maximum absolute atomic E-state index is 6.25. The second-order valence-electron chi connectivity index (χ2n) is 4.51. The molecule has 0 nitrogen and oxygen atoms in total. The molecule has 0 radical (unpaired) electrons. The first-order valence-electron chi connectivity index (χ1n) is 5.63. The minimum atomic E-state index is 0.387. The van der Waals surface area contributed by atoms with Gasteiger partial charge < -0.3 is 0 Å². The molecule has 0 aliphatic heterocycles. The summed E-state index contributed by atoms with van der Waals surface area (Å²) in [6.07, 6.45) is 6.39. The SMILES string of the molecule is CCCCC1(c2ccc(Cl)cc2Cl)CC1. The number of unbranched alkanes of at least 4 members (excludes halogenated alkanes) is 1. The molecule has 0 unspecified atom stereocenters. The van der Waals surface area contributed by atoms with Crippen LogP contribution in [-0.4, -0.2) is 0 Å². The average Bonchev–Trinajstić information content (AvgIpc) is 2.96. The van der Waals surface area contributed by atoms with Gasteiger partial charge in [-0.2, -0.15) is 0 Å². The first kappa shape index (κ1) is 11.3. The summed E-state index contributed by atoms with van der Waals surface area (Å²) in [6.45, 7) is 2.24. The third-order valence-corrected chi connectivity index (χ3v) is 3.91. The van der Waals surface area contributed by atoms with Crippen LogP contribution in [0, 0.1) is 0 Å². The molecular weight excluding hydrogens is 227 g/mol. The molecule has 15 heavy (non-hydrogen) atoms. The molecule has 1 aromatic rings. The van der Waals surface area contributed by atoms with Crippen LogP contribution in [0.3, 0.4) is 0 Å². The van der Waals surface area contributed by atoms with Crippen LogP contribution in [0.1, 0.15) is 44.6 Å². The van der Waals surface area contributed by atoms with Gasteiger partial charge in [0.05, 0.1) is 0 Å². The molecule has 0 bridgehead atoms. The number of rotatable bonds is 4. The van der Waals surface area contributed by atoms with E-state index in [1.165, 1.54) is 37.7 Å². The summed E-state index contributed by atoms with van der Waals surface area (Å²) < 4.78 is 0. The van der Waals surface area contributed by atoms with Crippen LogP contribution in [0.4, 0.5) is 0 Å². The topological polar surface area (TPSA) is 0 Å². The van der Waals surface area contributed by atoms with Crippen LogP contribution in [0.5, 0.6) is 0 Å². The molecule has 0 N–H and O–H groups in total. The van der Waals surface area contributed by atoms with Crippen LogP contribution >= 0.6 is 23.2 Å². The van der Waals surface area contributed by atoms with Crippen molar-refractivity contribution in [3.8, 4) is 0 Å². The molecule has 1 saturated carbocycles. The number of hydrogen-bond donors (Lipinski definition) is 0. The van der Waals surface area contributed by atoms with E-state index >= 15 is 0 Å². The number of halogens is 2. The van der Waals surface area contributed by atoms with Gasteiger partial charge in [-0.15, -0.1) is 0 Å². The molecule has 0 atom stereocenters. The van der Waals surface area contributed by atoms with Crippen molar-refractivity contribution in [3.05, 3.63) is 33.8 Å². The smallest absolute Gasteiger partial charge is 0.0458 e. The second kappa shape index (κ2) is 4.35. The highest BCUT2D eigenvalue weighted by Crippen LogP contribution is 2.54. The van der Waals surface area contributed by atoms with E-state index in [1.54, 1.807) is 0 Å². The van der Waals surface area contributed by atoms with Crippen molar-refractivity contribution < 1.29 is 0 Å². The molecule has 82 valence electrons. The third-order valence-electron chi connectivity index (χ3n) is 3.36. The Morgan fingerprint density at radius 3 is 2.53 bits per heavy atom. The molecule has 0 aromatic heterocycles. The molecule has 2 heteroatoms. The van der Waals surface area contributed by atoms with E-state index in [4.69, 9.17) is 23.2 Å². The van der Waals surface area contributed by atoms with Gasteiger partial charge in [0.2, 0.25) is 0 Å². The predicted octanol–water partition coefficient (Wildman–Crippen LogP) is 5.22. The van der Waals surface area contributed by atoms with Crippen LogP contribution in [0.15, 0.2) is 18.2 Å². The Kier molecular flexibility index (Phi) is 3.27. The van der Waals surface area contributed by atoms with E-state index in [0.29, 0.717) is 5.41 Å². The maximum Gasteiger partial charge on any atom is 0.0458 e. The summed E-state index contributed by atoms with van der Waals surface area (Å²) in [6, 6.07) is 5.92. The average molecular weight is 243 g/mol. The van der Waals surface area contributed by atoms with E-state index in [1.807, 2.05) is 12.1 Å². The lowest BCUT2D eigenvalue weighted by Crippen LogP contribution is -2.06. The summed E-state index contributed by atoms with van der Waals surface area (Å²) in [4.78, 5) is 0. The van der Waals surface area contributed by atoms with Gasteiger partial charge in [-0.3, -0.25) is 0 Å². The van der Waals surface area contributed by atoms with Gasteiger partial charge in [-0.05, 0) is 42.4 Å². The van der Waals surface area contributed by atoms with Crippen molar-refractivity contribution >= 4 is 23.2 Å². The number of benzene rings is 1. The second-order valence-corrected chi connectivity index (χ2v) is 5.35. The Balaban J connectivity index is 2.21. The Bertz CT molecular complexity index is 354. The Hall–Kier alpha value is -0.200. The van der Waals surface area contributed by atoms with Crippen molar-refractivity contribution in [2.24, 2.45) is 0 Å². The molecule has 0 spiro atoms. The van der Waals surface area contributed by atoms with Gasteiger partial charge in [0, 0.05) is 10.0 Å². The Morgan fingerprint density at radius 2 is 2.00 bits per heavy atom. The molecular formula is C13H16Cl2. The highest BCUT2D eigenvalue weighted by atomic mass is 35.5. The Morgan fingerprint density at radius 1 is 1.27 bits per heavy atom. The van der Waals surface area contributed by atoms with Gasteiger partial charge in [-0.25, -0.2) is 0 Å². The van der Waals surface area contributed by atoms with Crippen LogP contribution in [0.25, 0.3) is 0 Å². The molecule has 0 heterocycles. The molecule has 1 aliphatic rings. The monoisotopic (exact) mass is 242 g/mol. The summed E-state index contributed by atoms with van der Waals surface area (Å²) >= 11 is 12.2. The molecule has 2 rings (SSSR count). The van der Waals surface area contributed by atoms with Crippen molar-refractivity contribution in [1.82, 2.24) is 0 Å². The third kappa shape index (κ3) is 2.32. The molecule has 1 aliphatic carbocycles. The van der Waals surface area contributed by atoms with E-state index < -0.39 is 0 Å². The molecule has 0 amide bonds. The summed E-state index contributed by atoms with van der Waals surface area (Å²) in [5.41, 5.74) is 1.69. The van der Waals surface area contributed by atoms with Crippen molar-refractivity contribution in [1.29, 1.82) is 0 Å². The zero-order chi connectivity index (χ0) is 10.9. The summed E-state index contributed by atoms with van der Waals surface area (Å²) in [7, 11) is 0. The fourth-order valence-corrected chi connectivity index (χ4v) is 2.85. The van der Waals surface area contributed by atoms with E-state index in [2.05, 4.69) is 13.0 Å². The minimum Gasteiger partial charge on any atom is -0.0843 e. The van der Waals surface area contributed by atoms with Gasteiger partial charge in [0.25, 0.3) is 0 Å². The van der Waals surface area contributed by atoms with Crippen molar-refractivity contribution in [3.63, 3.8) is 0 Å². The highest BCUT2D eigenvalue weighted by molar-refractivity contribution is 6.35. The lowest BCUT2D eigenvalue weighted by Gasteiger charge is -2.16. The lowest BCUT2D eigenvalue weighted by atomic mass is 9.90. The minimum absolute atomic E-state index is 0.387. The largest absolute Gasteiger partial charge is 0.0843 e. The quantitative estimate of drug-likeness (QED) is 0.680. The molecule has 1 aromatic carbocycles. The van der Waals surface area contributed by atoms with Gasteiger partial charge in [-0.1, -0.05) is 49.0 Å². The lowest BCUT2D eigenvalue weighted by molar-refractivity contribution is 0.575. The first-order chi connectivity index (χ1) is 7.18. The standard InChI is InChI=1S/C13H16Cl2/c1-2-3-6-13(7-8-13)11-5-4-10(14)9-12(11)15/h4-5,9H,2-3,6-8H2,1H3. The fourth-order valence-electron chi connectivity index (χ4n) is 2.24. The fraction of sp³-hybridized carbons (Fsp3) is 0.538. The van der Waals surface area contributed by atoms with E-state index in [-0.39, 0.29) is 0 Å². The van der Waals surface area contributed by atoms with Gasteiger partial charge in [0.15, 0.2) is 0 Å². The van der Waals surface area contributed by atoms with Gasteiger partial charge in [0.1, 0.15) is 0 Å². The summed E-state index contributed by atoms with van der Waals surface area (Å²) in [5, 5.41) is 1.58. The normalized spacial score (nSPS) is 17.8. The Labute approximate surface area is 102 Å². The maximum atomic E-state index is 6.25. The summed E-state index contributed by atoms with van der Waals surface area (Å²) in [5.74, 6) is 0. The van der Waals surface area contributed by atoms with Crippen LogP contribution in [-0.2, 0) is 5.41 Å². The van der Waals surface area contributed by atoms with Crippen LogP contribution in [0.2, 0.25) is 10.0 Å². The highest BCUT2D eigenvalue weighted by Gasteiger charge is 2.44. The first-order valence-corrected chi connectivity index (χ1v) is 6.39. The van der Waals surface area contributed by atoms with Crippen molar-refractivity contribution in [2.45, 2.75) is 44.4 Å².